The summed E-state index contributed by atoms with van der Waals surface area (Å²) >= 11 is 0. The minimum atomic E-state index is 0.256. The van der Waals surface area contributed by atoms with Gasteiger partial charge in [-0.2, -0.15) is 0 Å². The van der Waals surface area contributed by atoms with Gasteiger partial charge in [-0.25, -0.2) is 9.78 Å². The molecule has 1 saturated heterocycles. The Balaban J connectivity index is 1.69. The Morgan fingerprint density at radius 3 is 1.71 bits per heavy atom. The number of unbranched alkanes of at least 4 members (excludes halogenated alkanes) is 12. The van der Waals surface area contributed by atoms with Gasteiger partial charge in [-0.05, 0) is 6.42 Å². The molecule has 0 aromatic carbocycles. The van der Waals surface area contributed by atoms with Gasteiger partial charge in [0.25, 0.3) is 0 Å². The lowest BCUT2D eigenvalue weighted by Crippen LogP contribution is -2.21. The zero-order valence-electron chi connectivity index (χ0n) is 14.1. The molecule has 0 radical (unpaired) electrons. The number of hydrogen-bond donors (Lipinski definition) is 0. The van der Waals surface area contributed by atoms with Gasteiger partial charge in [0, 0.05) is 6.42 Å². The van der Waals surface area contributed by atoms with Crippen LogP contribution in [-0.2, 0) is 14.8 Å². The Morgan fingerprint density at radius 2 is 1.24 bits per heavy atom. The summed E-state index contributed by atoms with van der Waals surface area (Å²) in [6, 6.07) is 0. The molecule has 0 aromatic heterocycles. The highest BCUT2D eigenvalue weighted by atomic mass is 17.5. The summed E-state index contributed by atoms with van der Waals surface area (Å²) in [6.45, 7) is 2.95. The quantitative estimate of drug-likeness (QED) is 0.286. The van der Waals surface area contributed by atoms with Crippen molar-refractivity contribution in [2.75, 3.05) is 6.61 Å². The third kappa shape index (κ3) is 12.1. The topological polar surface area (TPSA) is 27.7 Å². The first-order valence-corrected chi connectivity index (χ1v) is 9.38. The molecule has 1 fully saturated rings. The van der Waals surface area contributed by atoms with Gasteiger partial charge in [-0.3, -0.25) is 0 Å². The van der Waals surface area contributed by atoms with E-state index in [4.69, 9.17) is 9.78 Å². The summed E-state index contributed by atoms with van der Waals surface area (Å²) in [6.07, 6.45) is 20.6. The predicted molar refractivity (Wildman–Crippen MR) is 86.8 cm³/mol. The van der Waals surface area contributed by atoms with Crippen LogP contribution in [0.25, 0.3) is 0 Å². The van der Waals surface area contributed by atoms with Gasteiger partial charge >= 0.3 is 0 Å². The third-order valence-electron chi connectivity index (χ3n) is 4.38. The van der Waals surface area contributed by atoms with Gasteiger partial charge in [-0.15, -0.1) is 0 Å². The van der Waals surface area contributed by atoms with E-state index >= 15 is 0 Å². The van der Waals surface area contributed by atoms with E-state index in [2.05, 4.69) is 12.0 Å². The molecule has 1 atom stereocenters. The molecule has 3 nitrogen and oxygen atoms in total. The first-order valence-electron chi connectivity index (χ1n) is 9.38. The van der Waals surface area contributed by atoms with Gasteiger partial charge in [0.15, 0.2) is 0 Å². The molecular weight excluding hydrogens is 264 g/mol. The van der Waals surface area contributed by atoms with Gasteiger partial charge in [0.05, 0.1) is 12.7 Å². The summed E-state index contributed by atoms with van der Waals surface area (Å²) in [5.74, 6) is 0. The molecule has 0 aliphatic carbocycles. The fraction of sp³-hybridized carbons (Fsp3) is 1.00. The normalized spacial score (nSPS) is 19.0. The molecule has 0 bridgehead atoms. The summed E-state index contributed by atoms with van der Waals surface area (Å²) in [5.41, 5.74) is 0. The molecular formula is C18H36O3. The Kier molecular flexibility index (Phi) is 13.3. The fourth-order valence-corrected chi connectivity index (χ4v) is 2.93. The van der Waals surface area contributed by atoms with Crippen LogP contribution in [0.15, 0.2) is 0 Å². The van der Waals surface area contributed by atoms with E-state index in [-0.39, 0.29) is 6.10 Å². The highest BCUT2D eigenvalue weighted by Gasteiger charge is 2.15. The van der Waals surface area contributed by atoms with E-state index in [9.17, 15) is 0 Å². The van der Waals surface area contributed by atoms with Gasteiger partial charge in [0.1, 0.15) is 0 Å². The standard InChI is InChI=1S/C18H36O3/c1-2-3-4-5-6-7-8-9-10-11-12-13-14-15-18-16-17-19-21-20-18/h18H,2-17H2,1H3. The van der Waals surface area contributed by atoms with E-state index in [0.29, 0.717) is 6.61 Å². The van der Waals surface area contributed by atoms with Crippen LogP contribution in [0.3, 0.4) is 0 Å². The zero-order valence-corrected chi connectivity index (χ0v) is 14.1. The van der Waals surface area contributed by atoms with Crippen molar-refractivity contribution in [1.82, 2.24) is 0 Å². The predicted octanol–water partition coefficient (Wildman–Crippen LogP) is 6.12. The van der Waals surface area contributed by atoms with Gasteiger partial charge < -0.3 is 0 Å². The van der Waals surface area contributed by atoms with Crippen molar-refractivity contribution in [2.45, 2.75) is 109 Å². The van der Waals surface area contributed by atoms with Crippen LogP contribution in [0.1, 0.15) is 103 Å². The lowest BCUT2D eigenvalue weighted by atomic mass is 10.0. The second-order valence-corrected chi connectivity index (χ2v) is 6.43. The Hall–Kier alpha value is -0.120. The van der Waals surface area contributed by atoms with Crippen molar-refractivity contribution in [3.05, 3.63) is 0 Å². The first kappa shape index (κ1) is 18.9. The third-order valence-corrected chi connectivity index (χ3v) is 4.38. The Bertz CT molecular complexity index is 203. The second kappa shape index (κ2) is 14.8. The monoisotopic (exact) mass is 300 g/mol. The van der Waals surface area contributed by atoms with Crippen LogP contribution in [0.2, 0.25) is 0 Å². The van der Waals surface area contributed by atoms with Crippen LogP contribution in [-0.4, -0.2) is 12.7 Å². The van der Waals surface area contributed by atoms with Crippen LogP contribution in [0, 0.1) is 0 Å². The minimum absolute atomic E-state index is 0.256. The van der Waals surface area contributed by atoms with E-state index in [1.165, 1.54) is 83.5 Å². The fourth-order valence-electron chi connectivity index (χ4n) is 2.93. The van der Waals surface area contributed by atoms with Crippen LogP contribution in [0.4, 0.5) is 0 Å². The molecule has 0 amide bonds. The van der Waals surface area contributed by atoms with Crippen molar-refractivity contribution < 1.29 is 14.8 Å². The van der Waals surface area contributed by atoms with E-state index in [0.717, 1.165) is 12.8 Å². The highest BCUT2D eigenvalue weighted by molar-refractivity contribution is 4.58. The van der Waals surface area contributed by atoms with Crippen molar-refractivity contribution in [2.24, 2.45) is 0 Å². The molecule has 1 aliphatic rings. The van der Waals surface area contributed by atoms with Crippen LogP contribution < -0.4 is 0 Å². The first-order chi connectivity index (χ1) is 10.4. The van der Waals surface area contributed by atoms with Crippen molar-refractivity contribution >= 4 is 0 Å². The molecule has 0 aromatic rings. The maximum Gasteiger partial charge on any atom is 0.0984 e. The molecule has 1 rings (SSSR count). The van der Waals surface area contributed by atoms with Crippen molar-refractivity contribution in [3.8, 4) is 0 Å². The smallest absolute Gasteiger partial charge is 0.0984 e. The molecule has 0 saturated carbocycles. The van der Waals surface area contributed by atoms with Gasteiger partial charge in [-0.1, -0.05) is 95.4 Å². The van der Waals surface area contributed by atoms with Gasteiger partial charge in [0.2, 0.25) is 0 Å². The zero-order chi connectivity index (χ0) is 15.0. The number of rotatable bonds is 14. The highest BCUT2D eigenvalue weighted by Crippen LogP contribution is 2.16. The lowest BCUT2D eigenvalue weighted by molar-refractivity contribution is -0.549. The number of hydrogen-bond acceptors (Lipinski definition) is 3. The van der Waals surface area contributed by atoms with Crippen molar-refractivity contribution in [1.29, 1.82) is 0 Å². The molecule has 126 valence electrons. The summed E-state index contributed by atoms with van der Waals surface area (Å²) in [4.78, 5) is 9.76. The maximum absolute atomic E-state index is 5.06. The van der Waals surface area contributed by atoms with Crippen molar-refractivity contribution in [3.63, 3.8) is 0 Å². The van der Waals surface area contributed by atoms with E-state index in [1.807, 2.05) is 0 Å². The Labute approximate surface area is 131 Å². The lowest BCUT2D eigenvalue weighted by Gasteiger charge is -2.19. The molecule has 1 aliphatic heterocycles. The second-order valence-electron chi connectivity index (χ2n) is 6.43. The maximum atomic E-state index is 5.06. The molecule has 1 unspecified atom stereocenters. The average Bonchev–Trinajstić information content (AvgIpc) is 2.53. The minimum Gasteiger partial charge on any atom is -0.206 e. The molecule has 3 heteroatoms. The van der Waals surface area contributed by atoms with Crippen LogP contribution in [0.5, 0.6) is 0 Å². The average molecular weight is 300 g/mol. The SMILES string of the molecule is CCCCCCCCCCCCCCCC1CCOOO1. The van der Waals surface area contributed by atoms with E-state index in [1.54, 1.807) is 0 Å². The molecule has 0 spiro atoms. The van der Waals surface area contributed by atoms with Crippen LogP contribution >= 0.6 is 0 Å². The molecule has 1 heterocycles. The molecule has 0 N–H and O–H groups in total. The Morgan fingerprint density at radius 1 is 0.714 bits per heavy atom. The largest absolute Gasteiger partial charge is 0.206 e. The van der Waals surface area contributed by atoms with E-state index < -0.39 is 0 Å². The summed E-state index contributed by atoms with van der Waals surface area (Å²) in [5, 5.41) is 4.55. The molecule has 21 heavy (non-hydrogen) atoms. The summed E-state index contributed by atoms with van der Waals surface area (Å²) < 4.78 is 0. The summed E-state index contributed by atoms with van der Waals surface area (Å²) in [7, 11) is 0.